The highest BCUT2D eigenvalue weighted by molar-refractivity contribution is 9.10. The number of nitro groups is 1. The van der Waals surface area contributed by atoms with Crippen LogP contribution in [0.3, 0.4) is 0 Å². The van der Waals surface area contributed by atoms with Crippen molar-refractivity contribution in [2.75, 3.05) is 5.32 Å². The highest BCUT2D eigenvalue weighted by Gasteiger charge is 2.16. The van der Waals surface area contributed by atoms with Gasteiger partial charge in [0.25, 0.3) is 5.91 Å². The van der Waals surface area contributed by atoms with Gasteiger partial charge in [-0.3, -0.25) is 20.2 Å². The summed E-state index contributed by atoms with van der Waals surface area (Å²) >= 11 is 9.92. The molecular weight excluding hydrogens is 358 g/mol. The van der Waals surface area contributed by atoms with E-state index in [0.29, 0.717) is 4.47 Å². The molecule has 98 valence electrons. The van der Waals surface area contributed by atoms with Crippen LogP contribution in [-0.4, -0.2) is 15.8 Å². The van der Waals surface area contributed by atoms with Gasteiger partial charge in [0.1, 0.15) is 6.20 Å². The van der Waals surface area contributed by atoms with Gasteiger partial charge in [-0.25, -0.2) is 4.98 Å². The van der Waals surface area contributed by atoms with Crippen molar-refractivity contribution >= 4 is 54.9 Å². The number of anilines is 1. The molecule has 0 aliphatic rings. The summed E-state index contributed by atoms with van der Waals surface area (Å²) in [7, 11) is 0. The standard InChI is InChI=1S/C10H5BrClN3O3S/c11-5-1-2-7(12)6(3-5)9(16)14-10-13-4-8(19-10)15(17)18/h1-4H,(H,13,14,16). The molecule has 0 fully saturated rings. The average Bonchev–Trinajstić information content (AvgIpc) is 2.80. The third-order valence-electron chi connectivity index (χ3n) is 2.07. The van der Waals surface area contributed by atoms with Crippen molar-refractivity contribution in [3.8, 4) is 0 Å². The molecule has 0 saturated heterocycles. The third-order valence-corrected chi connectivity index (χ3v) is 3.75. The molecule has 0 atom stereocenters. The number of hydrogen-bond donors (Lipinski definition) is 1. The van der Waals surface area contributed by atoms with E-state index >= 15 is 0 Å². The fourth-order valence-corrected chi connectivity index (χ4v) is 2.44. The minimum atomic E-state index is -0.570. The quantitative estimate of drug-likeness (QED) is 0.666. The van der Waals surface area contributed by atoms with Gasteiger partial charge in [0, 0.05) is 4.47 Å². The molecule has 6 nitrogen and oxygen atoms in total. The molecule has 0 spiro atoms. The van der Waals surface area contributed by atoms with Crippen molar-refractivity contribution in [3.05, 3.63) is 49.6 Å². The zero-order valence-electron chi connectivity index (χ0n) is 9.09. The largest absolute Gasteiger partial charge is 0.345 e. The van der Waals surface area contributed by atoms with E-state index in [4.69, 9.17) is 11.6 Å². The van der Waals surface area contributed by atoms with Crippen LogP contribution in [-0.2, 0) is 0 Å². The first-order valence-electron chi connectivity index (χ1n) is 4.84. The summed E-state index contributed by atoms with van der Waals surface area (Å²) in [6, 6.07) is 4.83. The summed E-state index contributed by atoms with van der Waals surface area (Å²) in [5.74, 6) is -0.476. The number of rotatable bonds is 3. The van der Waals surface area contributed by atoms with Gasteiger partial charge in [-0.05, 0) is 29.5 Å². The average molecular weight is 363 g/mol. The molecule has 19 heavy (non-hydrogen) atoms. The zero-order valence-corrected chi connectivity index (χ0v) is 12.3. The minimum absolute atomic E-state index is 0.143. The zero-order chi connectivity index (χ0) is 14.0. The fraction of sp³-hybridized carbons (Fsp3) is 0. The Labute approximate surface area is 124 Å². The lowest BCUT2D eigenvalue weighted by Gasteiger charge is -2.04. The van der Waals surface area contributed by atoms with Crippen molar-refractivity contribution in [2.45, 2.75) is 0 Å². The van der Waals surface area contributed by atoms with Crippen molar-refractivity contribution in [1.29, 1.82) is 0 Å². The second-order valence-electron chi connectivity index (χ2n) is 3.34. The number of hydrogen-bond acceptors (Lipinski definition) is 5. The third kappa shape index (κ3) is 3.28. The Morgan fingerprint density at radius 2 is 2.26 bits per heavy atom. The van der Waals surface area contributed by atoms with Crippen molar-refractivity contribution in [1.82, 2.24) is 4.98 Å². The van der Waals surface area contributed by atoms with Gasteiger partial charge in [0.15, 0.2) is 5.13 Å². The number of carbonyl (C=O) groups excluding carboxylic acids is 1. The van der Waals surface area contributed by atoms with Crippen molar-refractivity contribution in [2.24, 2.45) is 0 Å². The molecule has 1 N–H and O–H groups in total. The Balaban J connectivity index is 2.20. The number of benzene rings is 1. The first-order chi connectivity index (χ1) is 8.97. The van der Waals surface area contributed by atoms with Crippen LogP contribution in [0.1, 0.15) is 10.4 Å². The number of halogens is 2. The van der Waals surface area contributed by atoms with Gasteiger partial charge in [0.2, 0.25) is 0 Å². The number of amides is 1. The maximum Gasteiger partial charge on any atom is 0.345 e. The van der Waals surface area contributed by atoms with Crippen LogP contribution < -0.4 is 5.32 Å². The molecule has 1 aromatic carbocycles. The van der Waals surface area contributed by atoms with Crippen molar-refractivity contribution < 1.29 is 9.72 Å². The number of aromatic nitrogens is 1. The second-order valence-corrected chi connectivity index (χ2v) is 5.67. The number of nitrogens with zero attached hydrogens (tertiary/aromatic N) is 2. The van der Waals surface area contributed by atoms with E-state index < -0.39 is 10.8 Å². The van der Waals surface area contributed by atoms with Crippen LogP contribution >= 0.6 is 38.9 Å². The predicted molar refractivity (Wildman–Crippen MR) is 75.9 cm³/mol. The summed E-state index contributed by atoms with van der Waals surface area (Å²) < 4.78 is 0.701. The van der Waals surface area contributed by atoms with Crippen LogP contribution in [0.4, 0.5) is 10.1 Å². The normalized spacial score (nSPS) is 10.2. The lowest BCUT2D eigenvalue weighted by atomic mass is 10.2. The van der Waals surface area contributed by atoms with E-state index in [1.807, 2.05) is 0 Å². The lowest BCUT2D eigenvalue weighted by molar-refractivity contribution is -0.380. The van der Waals surface area contributed by atoms with Gasteiger partial charge in [-0.15, -0.1) is 0 Å². The lowest BCUT2D eigenvalue weighted by Crippen LogP contribution is -2.12. The van der Waals surface area contributed by atoms with E-state index in [1.165, 1.54) is 0 Å². The SMILES string of the molecule is O=C(Nc1ncc([N+](=O)[O-])s1)c1cc(Br)ccc1Cl. The number of nitrogens with one attached hydrogen (secondary N) is 1. The molecule has 0 saturated carbocycles. The summed E-state index contributed by atoms with van der Waals surface area (Å²) in [4.78, 5) is 25.6. The van der Waals surface area contributed by atoms with E-state index in [-0.39, 0.29) is 20.7 Å². The van der Waals surface area contributed by atoms with Gasteiger partial charge >= 0.3 is 5.00 Å². The molecule has 1 amide bonds. The molecule has 2 rings (SSSR count). The minimum Gasteiger partial charge on any atom is -0.298 e. The van der Waals surface area contributed by atoms with E-state index in [0.717, 1.165) is 17.5 Å². The molecule has 0 aliphatic heterocycles. The maximum atomic E-state index is 11.9. The van der Waals surface area contributed by atoms with Crippen molar-refractivity contribution in [3.63, 3.8) is 0 Å². The Bertz CT molecular complexity index is 661. The summed E-state index contributed by atoms with van der Waals surface area (Å²) in [5.41, 5.74) is 0.258. The van der Waals surface area contributed by atoms with Crippen LogP contribution in [0.15, 0.2) is 28.9 Å². The molecule has 0 radical (unpaired) electrons. The highest BCUT2D eigenvalue weighted by Crippen LogP contribution is 2.27. The molecule has 0 unspecified atom stereocenters. The predicted octanol–water partition coefficient (Wildman–Crippen LogP) is 3.72. The molecule has 2 aromatic rings. The van der Waals surface area contributed by atoms with Gasteiger partial charge in [-0.2, -0.15) is 0 Å². The van der Waals surface area contributed by atoms with Crippen LogP contribution in [0.2, 0.25) is 5.02 Å². The monoisotopic (exact) mass is 361 g/mol. The number of thiazole rings is 1. The molecular formula is C10H5BrClN3O3S. The van der Waals surface area contributed by atoms with E-state index in [2.05, 4.69) is 26.2 Å². The molecule has 1 heterocycles. The molecule has 1 aromatic heterocycles. The van der Waals surface area contributed by atoms with Gasteiger partial charge in [-0.1, -0.05) is 27.5 Å². The molecule has 0 aliphatic carbocycles. The van der Waals surface area contributed by atoms with Crippen LogP contribution in [0.5, 0.6) is 0 Å². The van der Waals surface area contributed by atoms with E-state index in [9.17, 15) is 14.9 Å². The van der Waals surface area contributed by atoms with Crippen LogP contribution in [0, 0.1) is 10.1 Å². The highest BCUT2D eigenvalue weighted by atomic mass is 79.9. The summed E-state index contributed by atoms with van der Waals surface area (Å²) in [5, 5.41) is 13.3. The van der Waals surface area contributed by atoms with Crippen LogP contribution in [0.25, 0.3) is 0 Å². The Morgan fingerprint density at radius 1 is 1.53 bits per heavy atom. The summed E-state index contributed by atoms with van der Waals surface area (Å²) in [6.45, 7) is 0. The maximum absolute atomic E-state index is 11.9. The molecule has 0 bridgehead atoms. The smallest absolute Gasteiger partial charge is 0.298 e. The summed E-state index contributed by atoms with van der Waals surface area (Å²) in [6.07, 6.45) is 1.09. The fourth-order valence-electron chi connectivity index (χ4n) is 1.24. The van der Waals surface area contributed by atoms with Gasteiger partial charge < -0.3 is 0 Å². The first-order valence-corrected chi connectivity index (χ1v) is 6.83. The first kappa shape index (κ1) is 13.9. The van der Waals surface area contributed by atoms with Gasteiger partial charge in [0.05, 0.1) is 15.5 Å². The Morgan fingerprint density at radius 3 is 2.89 bits per heavy atom. The van der Waals surface area contributed by atoms with E-state index in [1.54, 1.807) is 18.2 Å². The second kappa shape index (κ2) is 5.64. The molecule has 9 heteroatoms. The number of carbonyl (C=O) groups is 1. The Hall–Kier alpha value is -1.51. The topological polar surface area (TPSA) is 85.1 Å². The Kier molecular flexibility index (Phi) is 4.13.